The zero-order valence-corrected chi connectivity index (χ0v) is 13.9. The van der Waals surface area contributed by atoms with Gasteiger partial charge in [0, 0.05) is 37.4 Å². The predicted octanol–water partition coefficient (Wildman–Crippen LogP) is 3.03. The van der Waals surface area contributed by atoms with Crippen molar-refractivity contribution in [2.45, 2.75) is 52.2 Å². The molecule has 0 atom stereocenters. The zero-order chi connectivity index (χ0) is 15.3. The summed E-state index contributed by atoms with van der Waals surface area (Å²) < 4.78 is 11.1. The van der Waals surface area contributed by atoms with Crippen molar-refractivity contribution in [2.75, 3.05) is 26.8 Å². The molecule has 0 unspecified atom stereocenters. The number of nitrogens with one attached hydrogen (secondary N) is 1. The van der Waals surface area contributed by atoms with Gasteiger partial charge in [-0.1, -0.05) is 0 Å². The summed E-state index contributed by atoms with van der Waals surface area (Å²) >= 11 is 0. The quantitative estimate of drug-likeness (QED) is 0.875. The van der Waals surface area contributed by atoms with Crippen molar-refractivity contribution in [1.82, 2.24) is 10.2 Å². The molecule has 1 aliphatic heterocycles. The average Bonchev–Trinajstić information content (AvgIpc) is 2.84. The van der Waals surface area contributed by atoms with Crippen molar-refractivity contribution in [3.8, 4) is 0 Å². The molecule has 1 saturated heterocycles. The molecule has 4 nitrogen and oxygen atoms in total. The van der Waals surface area contributed by atoms with Gasteiger partial charge in [0.2, 0.25) is 0 Å². The third-order valence-electron chi connectivity index (χ3n) is 3.87. The standard InChI is InChI=1S/C17H30N2O2/c1-17(2,3)18-10-15-9-16(21-13-15)12-19(4)11-14-5-7-20-8-6-14/h9,13-14,18H,5-8,10-12H2,1-4H3. The van der Waals surface area contributed by atoms with Gasteiger partial charge in [0.25, 0.3) is 0 Å². The van der Waals surface area contributed by atoms with Crippen LogP contribution < -0.4 is 5.32 Å². The summed E-state index contributed by atoms with van der Waals surface area (Å²) in [6.07, 6.45) is 4.24. The van der Waals surface area contributed by atoms with Crippen LogP contribution in [-0.4, -0.2) is 37.2 Å². The van der Waals surface area contributed by atoms with Crippen LogP contribution in [0.5, 0.6) is 0 Å². The molecule has 0 spiro atoms. The van der Waals surface area contributed by atoms with Gasteiger partial charge in [0.05, 0.1) is 12.8 Å². The van der Waals surface area contributed by atoms with Gasteiger partial charge >= 0.3 is 0 Å². The fourth-order valence-corrected chi connectivity index (χ4v) is 2.67. The molecule has 0 saturated carbocycles. The van der Waals surface area contributed by atoms with Crippen molar-refractivity contribution in [3.05, 3.63) is 23.7 Å². The minimum atomic E-state index is 0.136. The molecule has 21 heavy (non-hydrogen) atoms. The first-order valence-electron chi connectivity index (χ1n) is 8.00. The van der Waals surface area contributed by atoms with Gasteiger partial charge in [0.15, 0.2) is 0 Å². The zero-order valence-electron chi connectivity index (χ0n) is 13.9. The van der Waals surface area contributed by atoms with E-state index in [0.29, 0.717) is 0 Å². The minimum absolute atomic E-state index is 0.136. The molecule has 1 N–H and O–H groups in total. The molecule has 1 aromatic rings. The molecule has 1 fully saturated rings. The van der Waals surface area contributed by atoms with E-state index in [1.54, 1.807) is 0 Å². The maximum Gasteiger partial charge on any atom is 0.118 e. The molecule has 0 bridgehead atoms. The topological polar surface area (TPSA) is 37.6 Å². The number of rotatable bonds is 6. The number of hydrogen-bond donors (Lipinski definition) is 1. The summed E-state index contributed by atoms with van der Waals surface area (Å²) in [6.45, 7) is 11.2. The van der Waals surface area contributed by atoms with E-state index in [-0.39, 0.29) is 5.54 Å². The van der Waals surface area contributed by atoms with Crippen LogP contribution in [0.15, 0.2) is 16.7 Å². The van der Waals surface area contributed by atoms with Gasteiger partial charge in [0.1, 0.15) is 5.76 Å². The second-order valence-electron chi connectivity index (χ2n) is 7.28. The fourth-order valence-electron chi connectivity index (χ4n) is 2.67. The Hall–Kier alpha value is -0.840. The average molecular weight is 294 g/mol. The monoisotopic (exact) mass is 294 g/mol. The molecular formula is C17H30N2O2. The van der Waals surface area contributed by atoms with E-state index in [4.69, 9.17) is 9.15 Å². The van der Waals surface area contributed by atoms with Crippen LogP contribution in [-0.2, 0) is 17.8 Å². The molecular weight excluding hydrogens is 264 g/mol. The van der Waals surface area contributed by atoms with E-state index in [9.17, 15) is 0 Å². The van der Waals surface area contributed by atoms with E-state index in [2.05, 4.69) is 44.1 Å². The van der Waals surface area contributed by atoms with Gasteiger partial charge in [-0.05, 0) is 52.6 Å². The highest BCUT2D eigenvalue weighted by molar-refractivity contribution is 5.13. The van der Waals surface area contributed by atoms with Gasteiger partial charge < -0.3 is 14.5 Å². The van der Waals surface area contributed by atoms with Crippen LogP contribution >= 0.6 is 0 Å². The predicted molar refractivity (Wildman–Crippen MR) is 85.2 cm³/mol. The van der Waals surface area contributed by atoms with E-state index in [0.717, 1.165) is 44.5 Å². The third kappa shape index (κ3) is 6.20. The summed E-state index contributed by atoms with van der Waals surface area (Å²) in [5.41, 5.74) is 1.36. The van der Waals surface area contributed by atoms with Crippen LogP contribution in [0.3, 0.4) is 0 Å². The summed E-state index contributed by atoms with van der Waals surface area (Å²) in [4.78, 5) is 2.36. The lowest BCUT2D eigenvalue weighted by Gasteiger charge is -2.26. The van der Waals surface area contributed by atoms with Crippen molar-refractivity contribution in [1.29, 1.82) is 0 Å². The number of nitrogens with zero attached hydrogens (tertiary/aromatic N) is 1. The molecule has 0 radical (unpaired) electrons. The van der Waals surface area contributed by atoms with Crippen LogP contribution in [0, 0.1) is 5.92 Å². The van der Waals surface area contributed by atoms with Crippen molar-refractivity contribution in [3.63, 3.8) is 0 Å². The number of hydrogen-bond acceptors (Lipinski definition) is 4. The van der Waals surface area contributed by atoms with Crippen molar-refractivity contribution in [2.24, 2.45) is 5.92 Å². The second kappa shape index (κ2) is 7.43. The van der Waals surface area contributed by atoms with Crippen LogP contribution in [0.25, 0.3) is 0 Å². The smallest absolute Gasteiger partial charge is 0.118 e. The lowest BCUT2D eigenvalue weighted by molar-refractivity contribution is 0.0543. The molecule has 0 amide bonds. The van der Waals surface area contributed by atoms with Gasteiger partial charge in [-0.25, -0.2) is 0 Å². The molecule has 0 aliphatic carbocycles. The number of ether oxygens (including phenoxy) is 1. The fraction of sp³-hybridized carbons (Fsp3) is 0.765. The van der Waals surface area contributed by atoms with Crippen LogP contribution in [0.4, 0.5) is 0 Å². The molecule has 120 valence electrons. The highest BCUT2D eigenvalue weighted by atomic mass is 16.5. The van der Waals surface area contributed by atoms with E-state index in [1.807, 2.05) is 6.26 Å². The van der Waals surface area contributed by atoms with Gasteiger partial charge in [-0.15, -0.1) is 0 Å². The largest absolute Gasteiger partial charge is 0.468 e. The molecule has 0 aromatic carbocycles. The first-order valence-corrected chi connectivity index (χ1v) is 8.00. The molecule has 2 rings (SSSR count). The highest BCUT2D eigenvalue weighted by Crippen LogP contribution is 2.17. The van der Waals surface area contributed by atoms with Gasteiger partial charge in [-0.3, -0.25) is 4.90 Å². The maximum absolute atomic E-state index is 5.68. The van der Waals surface area contributed by atoms with Crippen molar-refractivity contribution >= 4 is 0 Å². The highest BCUT2D eigenvalue weighted by Gasteiger charge is 2.16. The normalized spacial score (nSPS) is 17.6. The Morgan fingerprint density at radius 3 is 2.67 bits per heavy atom. The maximum atomic E-state index is 5.68. The first kappa shape index (κ1) is 16.5. The Morgan fingerprint density at radius 2 is 2.00 bits per heavy atom. The summed E-state index contributed by atoms with van der Waals surface area (Å²) in [7, 11) is 2.17. The van der Waals surface area contributed by atoms with E-state index in [1.165, 1.54) is 18.4 Å². The van der Waals surface area contributed by atoms with Crippen LogP contribution in [0.2, 0.25) is 0 Å². The Morgan fingerprint density at radius 1 is 1.29 bits per heavy atom. The third-order valence-corrected chi connectivity index (χ3v) is 3.87. The second-order valence-corrected chi connectivity index (χ2v) is 7.28. The Balaban J connectivity index is 1.75. The summed E-state index contributed by atoms with van der Waals surface area (Å²) in [6, 6.07) is 2.17. The Kier molecular flexibility index (Phi) is 5.85. The lowest BCUT2D eigenvalue weighted by atomic mass is 10.00. The number of furan rings is 1. The summed E-state index contributed by atoms with van der Waals surface area (Å²) in [5.74, 6) is 1.82. The Bertz CT molecular complexity index is 417. The summed E-state index contributed by atoms with van der Waals surface area (Å²) in [5, 5.41) is 3.48. The van der Waals surface area contributed by atoms with Crippen molar-refractivity contribution < 1.29 is 9.15 Å². The Labute approximate surface area is 128 Å². The molecule has 2 heterocycles. The van der Waals surface area contributed by atoms with Gasteiger partial charge in [-0.2, -0.15) is 0 Å². The first-order chi connectivity index (χ1) is 9.92. The van der Waals surface area contributed by atoms with E-state index >= 15 is 0 Å². The van der Waals surface area contributed by atoms with Crippen LogP contribution in [0.1, 0.15) is 44.9 Å². The lowest BCUT2D eigenvalue weighted by Crippen LogP contribution is -2.34. The molecule has 4 heteroatoms. The minimum Gasteiger partial charge on any atom is -0.468 e. The van der Waals surface area contributed by atoms with E-state index < -0.39 is 0 Å². The molecule has 1 aliphatic rings. The molecule has 1 aromatic heterocycles. The SMILES string of the molecule is CN(Cc1cc(CNC(C)(C)C)co1)CC1CCOCC1.